The Morgan fingerprint density at radius 3 is 3.00 bits per heavy atom. The molecule has 2 aromatic heterocycles. The Labute approximate surface area is 153 Å². The summed E-state index contributed by atoms with van der Waals surface area (Å²) in [6.07, 6.45) is 5.23. The van der Waals surface area contributed by atoms with Crippen molar-refractivity contribution in [1.29, 1.82) is 0 Å². The summed E-state index contributed by atoms with van der Waals surface area (Å²) in [5, 5.41) is 4.22. The Balaban J connectivity index is 1.46. The number of benzene rings is 1. The van der Waals surface area contributed by atoms with Gasteiger partial charge in [-0.05, 0) is 37.1 Å². The minimum atomic E-state index is -0.104. The van der Waals surface area contributed by atoms with Crippen LogP contribution in [-0.2, 0) is 4.79 Å². The van der Waals surface area contributed by atoms with Gasteiger partial charge >= 0.3 is 0 Å². The largest absolute Gasteiger partial charge is 0.340 e. The van der Waals surface area contributed by atoms with Crippen LogP contribution >= 0.6 is 22.9 Å². The monoisotopic (exact) mass is 373 g/mol. The van der Waals surface area contributed by atoms with Crippen LogP contribution < -0.4 is 10.2 Å². The van der Waals surface area contributed by atoms with Crippen LogP contribution in [0.5, 0.6) is 0 Å². The van der Waals surface area contributed by atoms with Crippen LogP contribution in [0.1, 0.15) is 12.8 Å². The van der Waals surface area contributed by atoms with E-state index < -0.39 is 0 Å². The summed E-state index contributed by atoms with van der Waals surface area (Å²) in [6.45, 7) is 1.49. The van der Waals surface area contributed by atoms with Gasteiger partial charge in [-0.2, -0.15) is 0 Å². The number of halogens is 1. The molecule has 3 heterocycles. The molecule has 1 saturated heterocycles. The summed E-state index contributed by atoms with van der Waals surface area (Å²) in [4.78, 5) is 27.7. The zero-order valence-electron chi connectivity index (χ0n) is 13.4. The molecule has 1 amide bonds. The molecule has 0 saturated carbocycles. The third kappa shape index (κ3) is 3.57. The van der Waals surface area contributed by atoms with Gasteiger partial charge < -0.3 is 10.2 Å². The van der Waals surface area contributed by atoms with E-state index in [0.717, 1.165) is 29.6 Å². The lowest BCUT2D eigenvalue weighted by atomic mass is 9.97. The molecule has 6 nitrogen and oxygen atoms in total. The number of nitrogens with zero attached hydrogens (tertiary/aromatic N) is 4. The van der Waals surface area contributed by atoms with Crippen LogP contribution in [0.25, 0.3) is 10.2 Å². The van der Waals surface area contributed by atoms with Crippen LogP contribution in [0.15, 0.2) is 36.7 Å². The fourth-order valence-electron chi connectivity index (χ4n) is 2.99. The minimum Gasteiger partial charge on any atom is -0.340 e. The summed E-state index contributed by atoms with van der Waals surface area (Å²) in [5.74, 6) is 0.563. The van der Waals surface area contributed by atoms with E-state index in [1.807, 2.05) is 12.1 Å². The molecule has 8 heteroatoms. The van der Waals surface area contributed by atoms with Crippen LogP contribution in [0, 0.1) is 5.92 Å². The highest BCUT2D eigenvalue weighted by atomic mass is 35.5. The highest BCUT2D eigenvalue weighted by Crippen LogP contribution is 2.29. The number of amides is 1. The quantitative estimate of drug-likeness (QED) is 0.759. The molecule has 25 heavy (non-hydrogen) atoms. The zero-order chi connectivity index (χ0) is 17.2. The number of nitrogens with one attached hydrogen (secondary N) is 1. The van der Waals surface area contributed by atoms with Gasteiger partial charge in [-0.1, -0.05) is 22.9 Å². The van der Waals surface area contributed by atoms with Gasteiger partial charge in [-0.3, -0.25) is 4.79 Å². The van der Waals surface area contributed by atoms with Gasteiger partial charge in [-0.15, -0.1) is 0 Å². The number of aromatic nitrogens is 3. The number of hydrogen-bond acceptors (Lipinski definition) is 6. The lowest BCUT2D eigenvalue weighted by Gasteiger charge is -2.31. The molecule has 0 bridgehead atoms. The van der Waals surface area contributed by atoms with Gasteiger partial charge in [0.05, 0.1) is 16.1 Å². The lowest BCUT2D eigenvalue weighted by Crippen LogP contribution is -2.41. The SMILES string of the molecule is O=C(Nc1nc2ccc(Cl)cc2s1)C1CCCN(c2ncccn2)C1. The van der Waals surface area contributed by atoms with Crippen LogP contribution in [0.2, 0.25) is 5.02 Å². The molecule has 0 aliphatic carbocycles. The fourth-order valence-corrected chi connectivity index (χ4v) is 4.13. The molecule has 1 unspecified atom stereocenters. The molecule has 1 fully saturated rings. The predicted molar refractivity (Wildman–Crippen MR) is 100 cm³/mol. The van der Waals surface area contributed by atoms with Gasteiger partial charge in [0.25, 0.3) is 0 Å². The van der Waals surface area contributed by atoms with E-state index in [1.165, 1.54) is 11.3 Å². The number of rotatable bonds is 3. The second-order valence-electron chi connectivity index (χ2n) is 5.95. The first kappa shape index (κ1) is 16.2. The summed E-state index contributed by atoms with van der Waals surface area (Å²) in [5.41, 5.74) is 0.840. The molecule has 1 N–H and O–H groups in total. The van der Waals surface area contributed by atoms with E-state index in [1.54, 1.807) is 24.5 Å². The molecule has 1 aliphatic rings. The molecule has 128 valence electrons. The molecular weight excluding hydrogens is 358 g/mol. The number of anilines is 2. The highest BCUT2D eigenvalue weighted by Gasteiger charge is 2.27. The zero-order valence-corrected chi connectivity index (χ0v) is 14.9. The summed E-state index contributed by atoms with van der Waals surface area (Å²) in [6, 6.07) is 7.31. The number of thiazole rings is 1. The number of carbonyl (C=O) groups is 1. The average molecular weight is 374 g/mol. The standard InChI is InChI=1S/C17H16ClN5OS/c18-12-4-5-13-14(9-12)25-17(21-13)22-15(24)11-3-1-8-23(10-11)16-19-6-2-7-20-16/h2,4-7,9,11H,1,3,8,10H2,(H,21,22,24). The number of fused-ring (bicyclic) bond motifs is 1. The Morgan fingerprint density at radius 1 is 1.32 bits per heavy atom. The van der Waals surface area contributed by atoms with Crippen molar-refractivity contribution >= 4 is 50.1 Å². The third-order valence-corrected chi connectivity index (χ3v) is 5.38. The van der Waals surface area contributed by atoms with E-state index in [9.17, 15) is 4.79 Å². The molecular formula is C17H16ClN5OS. The van der Waals surface area contributed by atoms with Crippen molar-refractivity contribution in [2.24, 2.45) is 5.92 Å². The highest BCUT2D eigenvalue weighted by molar-refractivity contribution is 7.22. The summed E-state index contributed by atoms with van der Waals surface area (Å²) in [7, 11) is 0. The predicted octanol–water partition coefficient (Wildman–Crippen LogP) is 3.59. The van der Waals surface area contributed by atoms with E-state index in [4.69, 9.17) is 11.6 Å². The summed E-state index contributed by atoms with van der Waals surface area (Å²) >= 11 is 7.44. The maximum Gasteiger partial charge on any atom is 0.231 e. The van der Waals surface area contributed by atoms with Crippen molar-refractivity contribution in [3.8, 4) is 0 Å². The van der Waals surface area contributed by atoms with Crippen molar-refractivity contribution < 1.29 is 4.79 Å². The van der Waals surface area contributed by atoms with Crippen LogP contribution in [0.3, 0.4) is 0 Å². The normalized spacial score (nSPS) is 17.6. The van der Waals surface area contributed by atoms with Crippen molar-refractivity contribution in [2.45, 2.75) is 12.8 Å². The molecule has 3 aromatic rings. The Bertz CT molecular complexity index is 900. The van der Waals surface area contributed by atoms with Gasteiger partial charge in [0.2, 0.25) is 11.9 Å². The maximum atomic E-state index is 12.7. The topological polar surface area (TPSA) is 71.0 Å². The second-order valence-corrected chi connectivity index (χ2v) is 7.42. The molecule has 0 spiro atoms. The number of carbonyl (C=O) groups excluding carboxylic acids is 1. The Kier molecular flexibility index (Phi) is 4.50. The van der Waals surface area contributed by atoms with Crippen LogP contribution in [0.4, 0.5) is 11.1 Å². The molecule has 1 aliphatic heterocycles. The number of piperidine rings is 1. The van der Waals surface area contributed by atoms with Crippen molar-refractivity contribution in [1.82, 2.24) is 15.0 Å². The van der Waals surface area contributed by atoms with E-state index in [2.05, 4.69) is 25.2 Å². The van der Waals surface area contributed by atoms with Crippen molar-refractivity contribution in [2.75, 3.05) is 23.3 Å². The van der Waals surface area contributed by atoms with E-state index in [-0.39, 0.29) is 11.8 Å². The first-order chi connectivity index (χ1) is 12.2. The Morgan fingerprint density at radius 2 is 2.16 bits per heavy atom. The Hall–Kier alpha value is -2.25. The van der Waals surface area contributed by atoms with Crippen molar-refractivity contribution in [3.05, 3.63) is 41.7 Å². The van der Waals surface area contributed by atoms with E-state index in [0.29, 0.717) is 22.6 Å². The second kappa shape index (κ2) is 6.93. The fraction of sp³-hybridized carbons (Fsp3) is 0.294. The molecule has 4 rings (SSSR count). The molecule has 1 aromatic carbocycles. The third-order valence-electron chi connectivity index (χ3n) is 4.21. The first-order valence-electron chi connectivity index (χ1n) is 8.08. The van der Waals surface area contributed by atoms with Crippen LogP contribution in [-0.4, -0.2) is 33.9 Å². The summed E-state index contributed by atoms with van der Waals surface area (Å²) < 4.78 is 0.964. The van der Waals surface area contributed by atoms with Gasteiger partial charge in [-0.25, -0.2) is 15.0 Å². The molecule has 1 atom stereocenters. The maximum absolute atomic E-state index is 12.7. The van der Waals surface area contributed by atoms with E-state index >= 15 is 0 Å². The first-order valence-corrected chi connectivity index (χ1v) is 9.27. The van der Waals surface area contributed by atoms with Gasteiger partial charge in [0.15, 0.2) is 5.13 Å². The number of hydrogen-bond donors (Lipinski definition) is 1. The smallest absolute Gasteiger partial charge is 0.231 e. The van der Waals surface area contributed by atoms with Gasteiger partial charge in [0.1, 0.15) is 0 Å². The molecule has 0 radical (unpaired) electrons. The lowest BCUT2D eigenvalue weighted by molar-refractivity contribution is -0.120. The van der Waals surface area contributed by atoms with Gasteiger partial charge in [0, 0.05) is 30.5 Å². The average Bonchev–Trinajstić information content (AvgIpc) is 3.04. The van der Waals surface area contributed by atoms with Crippen molar-refractivity contribution in [3.63, 3.8) is 0 Å². The minimum absolute atomic E-state index is 0.00853.